The third-order valence-corrected chi connectivity index (χ3v) is 3.90. The van der Waals surface area contributed by atoms with Crippen molar-refractivity contribution < 1.29 is 9.84 Å². The Balaban J connectivity index is 1.70. The molecule has 0 spiro atoms. The summed E-state index contributed by atoms with van der Waals surface area (Å²) in [5, 5.41) is 20.7. The standard InChI is InChI=1S/C16H16N4O2/c21-14-3-1-12(2-4-14)13-5-15(22-9-11-6-17-7-11)16-19-18-10-20(16)8-13/h1-5,8,10-11,17,21H,6-7,9H2. The molecular weight excluding hydrogens is 280 g/mol. The highest BCUT2D eigenvalue weighted by atomic mass is 16.5. The predicted octanol–water partition coefficient (Wildman–Crippen LogP) is 1.70. The van der Waals surface area contributed by atoms with Crippen LogP contribution in [-0.4, -0.2) is 39.4 Å². The van der Waals surface area contributed by atoms with E-state index in [9.17, 15) is 5.11 Å². The second-order valence-corrected chi connectivity index (χ2v) is 5.54. The minimum absolute atomic E-state index is 0.253. The van der Waals surface area contributed by atoms with Crippen LogP contribution < -0.4 is 10.1 Å². The van der Waals surface area contributed by atoms with E-state index in [1.54, 1.807) is 18.5 Å². The van der Waals surface area contributed by atoms with Crippen LogP contribution >= 0.6 is 0 Å². The molecule has 6 heteroatoms. The van der Waals surface area contributed by atoms with Crippen LogP contribution in [0.15, 0.2) is 42.9 Å². The summed E-state index contributed by atoms with van der Waals surface area (Å²) in [6.07, 6.45) is 3.62. The summed E-state index contributed by atoms with van der Waals surface area (Å²) in [6, 6.07) is 9.07. The van der Waals surface area contributed by atoms with Crippen molar-refractivity contribution >= 4 is 5.65 Å². The van der Waals surface area contributed by atoms with Crippen LogP contribution in [0.5, 0.6) is 11.5 Å². The fourth-order valence-electron chi connectivity index (χ4n) is 2.50. The van der Waals surface area contributed by atoms with Crippen molar-refractivity contribution in [2.24, 2.45) is 5.92 Å². The topological polar surface area (TPSA) is 71.7 Å². The summed E-state index contributed by atoms with van der Waals surface area (Å²) >= 11 is 0. The minimum atomic E-state index is 0.253. The monoisotopic (exact) mass is 296 g/mol. The molecule has 6 nitrogen and oxygen atoms in total. The Labute approximate surface area is 127 Å². The van der Waals surface area contributed by atoms with E-state index in [4.69, 9.17) is 4.74 Å². The highest BCUT2D eigenvalue weighted by Crippen LogP contribution is 2.28. The zero-order valence-corrected chi connectivity index (χ0v) is 11.9. The second kappa shape index (κ2) is 5.31. The lowest BCUT2D eigenvalue weighted by molar-refractivity contribution is 0.200. The number of benzene rings is 1. The van der Waals surface area contributed by atoms with Crippen LogP contribution in [0, 0.1) is 5.92 Å². The van der Waals surface area contributed by atoms with Crippen LogP contribution in [0.2, 0.25) is 0 Å². The molecule has 1 aliphatic rings. The van der Waals surface area contributed by atoms with Crippen molar-refractivity contribution in [3.05, 3.63) is 42.9 Å². The lowest BCUT2D eigenvalue weighted by atomic mass is 10.1. The Morgan fingerprint density at radius 1 is 1.23 bits per heavy atom. The first kappa shape index (κ1) is 13.1. The number of phenols is 1. The molecule has 0 amide bonds. The number of aromatic hydroxyl groups is 1. The van der Waals surface area contributed by atoms with Gasteiger partial charge in [-0.1, -0.05) is 12.1 Å². The molecule has 3 aromatic rings. The number of aromatic nitrogens is 3. The first-order valence-corrected chi connectivity index (χ1v) is 7.26. The molecule has 1 aliphatic heterocycles. The van der Waals surface area contributed by atoms with Crippen molar-refractivity contribution in [2.45, 2.75) is 0 Å². The molecule has 0 saturated carbocycles. The van der Waals surface area contributed by atoms with Gasteiger partial charge in [0, 0.05) is 30.8 Å². The average molecular weight is 296 g/mol. The number of pyridine rings is 1. The summed E-state index contributed by atoms with van der Waals surface area (Å²) in [7, 11) is 0. The van der Waals surface area contributed by atoms with Gasteiger partial charge in [-0.3, -0.25) is 4.40 Å². The molecule has 1 fully saturated rings. The summed E-state index contributed by atoms with van der Waals surface area (Å²) in [5.41, 5.74) is 2.72. The van der Waals surface area contributed by atoms with Gasteiger partial charge in [-0.05, 0) is 23.8 Å². The molecule has 4 rings (SSSR count). The summed E-state index contributed by atoms with van der Waals surface area (Å²) in [4.78, 5) is 0. The van der Waals surface area contributed by atoms with Gasteiger partial charge in [0.25, 0.3) is 0 Å². The first-order chi connectivity index (χ1) is 10.8. The highest BCUT2D eigenvalue weighted by Gasteiger charge is 2.18. The van der Waals surface area contributed by atoms with Crippen LogP contribution in [-0.2, 0) is 0 Å². The Hall–Kier alpha value is -2.60. The Kier molecular flexibility index (Phi) is 3.16. The molecule has 2 aromatic heterocycles. The van der Waals surface area contributed by atoms with E-state index in [2.05, 4.69) is 15.5 Å². The van der Waals surface area contributed by atoms with E-state index in [1.807, 2.05) is 28.8 Å². The maximum Gasteiger partial charge on any atom is 0.203 e. The van der Waals surface area contributed by atoms with Gasteiger partial charge in [0.05, 0.1) is 6.61 Å². The predicted molar refractivity (Wildman–Crippen MR) is 81.9 cm³/mol. The quantitative estimate of drug-likeness (QED) is 0.767. The summed E-state index contributed by atoms with van der Waals surface area (Å²) in [5.74, 6) is 1.54. The van der Waals surface area contributed by atoms with Gasteiger partial charge >= 0.3 is 0 Å². The van der Waals surface area contributed by atoms with Crippen molar-refractivity contribution in [2.75, 3.05) is 19.7 Å². The van der Waals surface area contributed by atoms with Crippen LogP contribution in [0.25, 0.3) is 16.8 Å². The molecule has 0 radical (unpaired) electrons. The van der Waals surface area contributed by atoms with Crippen LogP contribution in [0.3, 0.4) is 0 Å². The Morgan fingerprint density at radius 2 is 2.05 bits per heavy atom. The molecule has 0 unspecified atom stereocenters. The third kappa shape index (κ3) is 2.37. The number of ether oxygens (including phenoxy) is 1. The van der Waals surface area contributed by atoms with Gasteiger partial charge in [0.1, 0.15) is 12.1 Å². The van der Waals surface area contributed by atoms with Gasteiger partial charge in [0.2, 0.25) is 5.65 Å². The largest absolute Gasteiger partial charge is 0.508 e. The third-order valence-electron chi connectivity index (χ3n) is 3.90. The maximum absolute atomic E-state index is 9.42. The van der Waals surface area contributed by atoms with Crippen molar-refractivity contribution in [3.8, 4) is 22.6 Å². The van der Waals surface area contributed by atoms with E-state index < -0.39 is 0 Å². The molecule has 2 N–H and O–H groups in total. The summed E-state index contributed by atoms with van der Waals surface area (Å²) in [6.45, 7) is 2.68. The normalized spacial score (nSPS) is 14.9. The summed E-state index contributed by atoms with van der Waals surface area (Å²) < 4.78 is 7.81. The lowest BCUT2D eigenvalue weighted by Gasteiger charge is -2.26. The smallest absolute Gasteiger partial charge is 0.203 e. The average Bonchev–Trinajstić information content (AvgIpc) is 2.94. The molecule has 22 heavy (non-hydrogen) atoms. The number of nitrogens with one attached hydrogen (secondary N) is 1. The molecule has 0 atom stereocenters. The highest BCUT2D eigenvalue weighted by molar-refractivity contribution is 5.69. The number of hydrogen-bond donors (Lipinski definition) is 2. The van der Waals surface area contributed by atoms with Gasteiger partial charge in [-0.2, -0.15) is 0 Å². The SMILES string of the molecule is Oc1ccc(-c2cc(OCC3CNC3)c3nncn3c2)cc1. The minimum Gasteiger partial charge on any atom is -0.508 e. The molecule has 1 saturated heterocycles. The number of nitrogens with zero attached hydrogens (tertiary/aromatic N) is 3. The first-order valence-electron chi connectivity index (χ1n) is 7.26. The van der Waals surface area contributed by atoms with E-state index >= 15 is 0 Å². The van der Waals surface area contributed by atoms with Gasteiger partial charge in [-0.25, -0.2) is 0 Å². The van der Waals surface area contributed by atoms with Crippen molar-refractivity contribution in [1.82, 2.24) is 19.9 Å². The molecule has 3 heterocycles. The molecule has 112 valence electrons. The zero-order chi connectivity index (χ0) is 14.9. The number of fused-ring (bicyclic) bond motifs is 1. The Morgan fingerprint density at radius 3 is 2.77 bits per heavy atom. The van der Waals surface area contributed by atoms with Crippen LogP contribution in [0.4, 0.5) is 0 Å². The fourth-order valence-corrected chi connectivity index (χ4v) is 2.50. The van der Waals surface area contributed by atoms with E-state index in [-0.39, 0.29) is 5.75 Å². The fraction of sp³-hybridized carbons (Fsp3) is 0.250. The van der Waals surface area contributed by atoms with Crippen molar-refractivity contribution in [3.63, 3.8) is 0 Å². The number of rotatable bonds is 4. The zero-order valence-electron chi connectivity index (χ0n) is 11.9. The van der Waals surface area contributed by atoms with E-state index in [0.717, 1.165) is 35.6 Å². The van der Waals surface area contributed by atoms with E-state index in [1.165, 1.54) is 0 Å². The molecule has 1 aromatic carbocycles. The van der Waals surface area contributed by atoms with Gasteiger partial charge in [-0.15, -0.1) is 10.2 Å². The maximum atomic E-state index is 9.42. The van der Waals surface area contributed by atoms with Crippen molar-refractivity contribution in [1.29, 1.82) is 0 Å². The second-order valence-electron chi connectivity index (χ2n) is 5.54. The van der Waals surface area contributed by atoms with Gasteiger partial charge in [0.15, 0.2) is 5.75 Å². The number of hydrogen-bond acceptors (Lipinski definition) is 5. The lowest BCUT2D eigenvalue weighted by Crippen LogP contribution is -2.45. The Bertz CT molecular complexity index is 794. The molecule has 0 aliphatic carbocycles. The van der Waals surface area contributed by atoms with Gasteiger partial charge < -0.3 is 15.2 Å². The molecule has 0 bridgehead atoms. The molecular formula is C16H16N4O2. The number of phenolic OH excluding ortho intramolecular Hbond substituents is 1. The van der Waals surface area contributed by atoms with Crippen LogP contribution in [0.1, 0.15) is 0 Å². The van der Waals surface area contributed by atoms with E-state index in [0.29, 0.717) is 12.5 Å².